The molecular formula is C88H106N4S4. The fourth-order valence-electron chi connectivity index (χ4n) is 15.8. The summed E-state index contributed by atoms with van der Waals surface area (Å²) in [5.74, 6) is 1.36. The number of aryl methyl sites for hydroxylation is 2. The van der Waals surface area contributed by atoms with Gasteiger partial charge < -0.3 is 9.13 Å². The standard InChI is InChI=1S/C88H106N4S4/c1-7-13-17-19-21-23-25-27-29-31-39-63-55-73-74(56-64(63)40-32-30-28-26-24-22-20-18-14-8-2)90-86-72-58-84(82-52-50-80(94-82)66-46-48-78-70(54-66)68-42-34-36-44-76(68)92(78)60-62(12-6)38-16-10-4)96-88(72)87-71(85(86)89-73)57-83(95-87)81-51-49-79(93-81)65-45-47-77-69(53-65)67-41-33-35-43-75(67)91(77)59-61(11-5)37-15-9-3/h33-36,41-58,61-62H,7-32,37-40,59-60H2,1-6H3. The molecule has 502 valence electrons. The number of aromatic nitrogens is 4. The Hall–Kier alpha value is -6.16. The molecule has 0 radical (unpaired) electrons. The molecule has 7 heterocycles. The Morgan fingerprint density at radius 3 is 1.07 bits per heavy atom. The number of hydrogen-bond donors (Lipinski definition) is 0. The van der Waals surface area contributed by atoms with Crippen LogP contribution < -0.4 is 0 Å². The molecule has 7 aromatic heterocycles. The number of unbranched alkanes of at least 4 members (excludes halogenated alkanes) is 20. The summed E-state index contributed by atoms with van der Waals surface area (Å²) >= 11 is 7.77. The van der Waals surface area contributed by atoms with Gasteiger partial charge in [-0.3, -0.25) is 0 Å². The number of benzene rings is 6. The van der Waals surface area contributed by atoms with Crippen LogP contribution in [0.25, 0.3) is 126 Å². The molecule has 0 fully saturated rings. The number of para-hydroxylation sites is 2. The second-order valence-electron chi connectivity index (χ2n) is 28.5. The average molecular weight is 1350 g/mol. The summed E-state index contributed by atoms with van der Waals surface area (Å²) in [7, 11) is 0. The largest absolute Gasteiger partial charge is 0.340 e. The summed E-state index contributed by atoms with van der Waals surface area (Å²) in [4.78, 5) is 19.5. The molecule has 0 saturated heterocycles. The van der Waals surface area contributed by atoms with E-state index in [-0.39, 0.29) is 0 Å². The molecule has 0 aliphatic carbocycles. The quantitative estimate of drug-likeness (QED) is 0.0286. The zero-order valence-electron chi connectivity index (χ0n) is 58.9. The number of fused-ring (bicyclic) bond motifs is 13. The number of hydrogen-bond acceptors (Lipinski definition) is 6. The van der Waals surface area contributed by atoms with Crippen molar-refractivity contribution < 1.29 is 0 Å². The fraction of sp³-hybridized carbons (Fsp3) is 0.455. The molecule has 0 aliphatic heterocycles. The van der Waals surface area contributed by atoms with Crippen LogP contribution in [-0.2, 0) is 25.9 Å². The van der Waals surface area contributed by atoms with Crippen molar-refractivity contribution in [1.82, 2.24) is 19.1 Å². The van der Waals surface area contributed by atoms with Gasteiger partial charge in [-0.1, -0.05) is 244 Å². The Morgan fingerprint density at radius 2 is 0.677 bits per heavy atom. The van der Waals surface area contributed by atoms with Gasteiger partial charge in [0.25, 0.3) is 0 Å². The lowest BCUT2D eigenvalue weighted by Gasteiger charge is -2.17. The first-order valence-corrected chi connectivity index (χ1v) is 41.5. The first-order chi connectivity index (χ1) is 47.4. The molecule has 2 unspecified atom stereocenters. The number of rotatable bonds is 38. The third-order valence-electron chi connectivity index (χ3n) is 21.5. The van der Waals surface area contributed by atoms with Gasteiger partial charge in [0.2, 0.25) is 0 Å². The Kier molecular flexibility index (Phi) is 23.6. The van der Waals surface area contributed by atoms with E-state index >= 15 is 0 Å². The van der Waals surface area contributed by atoms with Gasteiger partial charge in [0.1, 0.15) is 0 Å². The average Bonchev–Trinajstić information content (AvgIpc) is 1.53. The van der Waals surface area contributed by atoms with Crippen molar-refractivity contribution in [2.75, 3.05) is 0 Å². The van der Waals surface area contributed by atoms with Gasteiger partial charge >= 0.3 is 0 Å². The summed E-state index contributed by atoms with van der Waals surface area (Å²) in [5.41, 5.74) is 15.2. The topological polar surface area (TPSA) is 35.6 Å². The summed E-state index contributed by atoms with van der Waals surface area (Å²) < 4.78 is 7.89. The first-order valence-electron chi connectivity index (χ1n) is 38.2. The van der Waals surface area contributed by atoms with E-state index in [1.54, 1.807) is 0 Å². The number of nitrogens with zero attached hydrogens (tertiary/aromatic N) is 4. The van der Waals surface area contributed by atoms with Crippen molar-refractivity contribution >= 4 is 131 Å². The van der Waals surface area contributed by atoms with E-state index in [1.807, 2.05) is 45.3 Å². The maximum absolute atomic E-state index is 5.83. The molecule has 0 aliphatic rings. The van der Waals surface area contributed by atoms with E-state index in [4.69, 9.17) is 9.97 Å². The van der Waals surface area contributed by atoms with Gasteiger partial charge in [-0.25, -0.2) is 9.97 Å². The molecule has 2 atom stereocenters. The maximum Gasteiger partial charge on any atom is 0.0988 e. The summed E-state index contributed by atoms with van der Waals surface area (Å²) in [6.07, 6.45) is 39.4. The molecule has 0 N–H and O–H groups in total. The highest BCUT2D eigenvalue weighted by molar-refractivity contribution is 7.33. The lowest BCUT2D eigenvalue weighted by Crippen LogP contribution is -2.10. The predicted octanol–water partition coefficient (Wildman–Crippen LogP) is 29.6. The maximum atomic E-state index is 5.83. The zero-order chi connectivity index (χ0) is 65.7. The minimum Gasteiger partial charge on any atom is -0.340 e. The second-order valence-corrected chi connectivity index (χ2v) is 32.8. The molecule has 0 amide bonds. The van der Waals surface area contributed by atoms with Crippen molar-refractivity contribution in [2.45, 2.75) is 247 Å². The Morgan fingerprint density at radius 1 is 0.312 bits per heavy atom. The van der Waals surface area contributed by atoms with Gasteiger partial charge in [0, 0.05) is 96.7 Å². The van der Waals surface area contributed by atoms with Crippen LogP contribution in [0.5, 0.6) is 0 Å². The molecular weight excluding hydrogens is 1240 g/mol. The van der Waals surface area contributed by atoms with Crippen molar-refractivity contribution in [3.63, 3.8) is 0 Å². The first kappa shape index (κ1) is 68.4. The van der Waals surface area contributed by atoms with Crippen molar-refractivity contribution in [3.05, 3.63) is 145 Å². The van der Waals surface area contributed by atoms with Crippen molar-refractivity contribution in [1.29, 1.82) is 0 Å². The van der Waals surface area contributed by atoms with Gasteiger partial charge in [-0.05, 0) is 158 Å². The van der Waals surface area contributed by atoms with Crippen molar-refractivity contribution in [3.8, 4) is 40.4 Å². The van der Waals surface area contributed by atoms with E-state index in [0.717, 1.165) is 48.0 Å². The van der Waals surface area contributed by atoms with E-state index < -0.39 is 0 Å². The van der Waals surface area contributed by atoms with Crippen LogP contribution in [0.1, 0.15) is 232 Å². The van der Waals surface area contributed by atoms with Crippen LogP contribution in [0.4, 0.5) is 0 Å². The third kappa shape index (κ3) is 15.3. The molecule has 0 spiro atoms. The van der Waals surface area contributed by atoms with Gasteiger partial charge in [-0.2, -0.15) is 0 Å². The summed E-state index contributed by atoms with van der Waals surface area (Å²) in [5, 5.41) is 7.89. The van der Waals surface area contributed by atoms with Gasteiger partial charge in [0.15, 0.2) is 0 Å². The van der Waals surface area contributed by atoms with Crippen LogP contribution >= 0.6 is 45.3 Å². The SMILES string of the molecule is CCCCCCCCCCCCc1cc2nc3c4cc(-c5ccc(-c6ccc7c(c6)c6ccccc6n7CC(CC)CCCC)s5)sc4c4sc(-c5ccc(-c6ccc7c(c6)c6ccccc6n7CC(CC)CCCC)s5)cc4c3nc2cc1CCCCCCCCCCCC. The molecule has 13 aromatic rings. The van der Waals surface area contributed by atoms with Crippen LogP contribution in [-0.4, -0.2) is 19.1 Å². The highest BCUT2D eigenvalue weighted by Crippen LogP contribution is 2.51. The lowest BCUT2D eigenvalue weighted by atomic mass is 9.95. The predicted molar refractivity (Wildman–Crippen MR) is 429 cm³/mol. The molecule has 6 aromatic carbocycles. The van der Waals surface area contributed by atoms with Crippen LogP contribution in [0.3, 0.4) is 0 Å². The van der Waals surface area contributed by atoms with Crippen molar-refractivity contribution in [2.24, 2.45) is 11.8 Å². The highest BCUT2D eigenvalue weighted by Gasteiger charge is 2.24. The molecule has 13 rings (SSSR count). The van der Waals surface area contributed by atoms with E-state index in [9.17, 15) is 0 Å². The van der Waals surface area contributed by atoms with E-state index in [2.05, 4.69) is 184 Å². The van der Waals surface area contributed by atoms with Crippen LogP contribution in [0.2, 0.25) is 0 Å². The van der Waals surface area contributed by atoms with E-state index in [0.29, 0.717) is 11.8 Å². The monoisotopic (exact) mass is 1350 g/mol. The van der Waals surface area contributed by atoms with Gasteiger partial charge in [0.05, 0.1) is 31.5 Å². The summed E-state index contributed by atoms with van der Waals surface area (Å²) in [6.45, 7) is 16.2. The molecule has 0 bridgehead atoms. The Balaban J connectivity index is 0.864. The normalized spacial score (nSPS) is 12.9. The van der Waals surface area contributed by atoms with Gasteiger partial charge in [-0.15, -0.1) is 45.3 Å². The second kappa shape index (κ2) is 33.1. The molecule has 0 saturated carbocycles. The summed E-state index contributed by atoms with van der Waals surface area (Å²) in [6, 6.07) is 52.2. The van der Waals surface area contributed by atoms with Crippen LogP contribution in [0, 0.1) is 11.8 Å². The third-order valence-corrected chi connectivity index (χ3v) is 26.6. The zero-order valence-corrected chi connectivity index (χ0v) is 62.2. The molecule has 4 nitrogen and oxygen atoms in total. The molecule has 96 heavy (non-hydrogen) atoms. The number of thiophene rings is 4. The fourth-order valence-corrected chi connectivity index (χ4v) is 20.4. The molecule has 8 heteroatoms. The van der Waals surface area contributed by atoms with Crippen LogP contribution in [0.15, 0.2) is 133 Å². The Labute approximate surface area is 590 Å². The highest BCUT2D eigenvalue weighted by atomic mass is 32.1. The minimum atomic E-state index is 0.678. The van der Waals surface area contributed by atoms with E-state index in [1.165, 1.54) is 295 Å². The Bertz CT molecular complexity index is 4390. The lowest BCUT2D eigenvalue weighted by molar-refractivity contribution is 0.401. The minimum absolute atomic E-state index is 0.678. The smallest absolute Gasteiger partial charge is 0.0988 e.